The molecule has 0 fully saturated rings. The van der Waals surface area contributed by atoms with Gasteiger partial charge in [0.25, 0.3) is 0 Å². The smallest absolute Gasteiger partial charge is 0.131 e. The van der Waals surface area contributed by atoms with E-state index in [4.69, 9.17) is 11.0 Å². The van der Waals surface area contributed by atoms with Crippen molar-refractivity contribution in [1.29, 1.82) is 5.26 Å². The molecule has 2 rings (SSSR count). The quantitative estimate of drug-likeness (QED) is 0.847. The normalized spacial score (nSPS) is 10.4. The lowest BCUT2D eigenvalue weighted by atomic mass is 10.2. The lowest BCUT2D eigenvalue weighted by molar-refractivity contribution is 0.738. The van der Waals surface area contributed by atoms with Crippen molar-refractivity contribution < 1.29 is 0 Å². The lowest BCUT2D eigenvalue weighted by Gasteiger charge is -2.06. The van der Waals surface area contributed by atoms with Gasteiger partial charge in [0.2, 0.25) is 0 Å². The van der Waals surface area contributed by atoms with E-state index < -0.39 is 0 Å². The average molecular weight is 293 g/mol. The maximum Gasteiger partial charge on any atom is 0.131 e. The van der Waals surface area contributed by atoms with Crippen LogP contribution in [0.4, 0.5) is 10.7 Å². The van der Waals surface area contributed by atoms with Gasteiger partial charge in [0.15, 0.2) is 0 Å². The molecule has 0 aromatic carbocycles. The molecule has 7 heteroatoms. The van der Waals surface area contributed by atoms with Crippen LogP contribution in [-0.2, 0) is 13.6 Å². The highest BCUT2D eigenvalue weighted by Crippen LogP contribution is 2.41. The van der Waals surface area contributed by atoms with Gasteiger partial charge in [-0.15, -0.1) is 23.1 Å². The second-order valence-corrected chi connectivity index (χ2v) is 5.89. The molecular formula is C12H15N5S2. The number of nitriles is 1. The minimum atomic E-state index is 0.565. The number of rotatable bonds is 4. The second kappa shape index (κ2) is 5.55. The summed E-state index contributed by atoms with van der Waals surface area (Å²) in [6.07, 6.45) is 3.81. The summed E-state index contributed by atoms with van der Waals surface area (Å²) in [4.78, 5) is 1.51. The lowest BCUT2D eigenvalue weighted by Crippen LogP contribution is -2.01. The summed E-state index contributed by atoms with van der Waals surface area (Å²) in [7, 11) is 1.92. The zero-order chi connectivity index (χ0) is 14.0. The van der Waals surface area contributed by atoms with E-state index in [9.17, 15) is 0 Å². The number of hydrogen-bond acceptors (Lipinski definition) is 6. The molecule has 0 radical (unpaired) electrons. The molecule has 2 aromatic heterocycles. The van der Waals surface area contributed by atoms with Crippen LogP contribution in [-0.4, -0.2) is 16.0 Å². The van der Waals surface area contributed by atoms with Crippen molar-refractivity contribution in [3.8, 4) is 6.07 Å². The summed E-state index contributed by atoms with van der Waals surface area (Å²) in [6.45, 7) is 2.71. The number of thioether (sulfide) groups is 1. The van der Waals surface area contributed by atoms with Crippen molar-refractivity contribution in [2.75, 3.05) is 17.3 Å². The van der Waals surface area contributed by atoms with Crippen LogP contribution in [0.2, 0.25) is 0 Å². The van der Waals surface area contributed by atoms with Crippen LogP contribution in [0, 0.1) is 18.3 Å². The van der Waals surface area contributed by atoms with Crippen molar-refractivity contribution in [3.05, 3.63) is 22.3 Å². The first-order valence-corrected chi connectivity index (χ1v) is 7.70. The number of anilines is 2. The third-order valence-corrected chi connectivity index (χ3v) is 5.01. The molecule has 0 aliphatic heterocycles. The Bertz CT molecular complexity index is 635. The molecule has 100 valence electrons. The van der Waals surface area contributed by atoms with Gasteiger partial charge in [0.1, 0.15) is 15.9 Å². The van der Waals surface area contributed by atoms with Gasteiger partial charge >= 0.3 is 0 Å². The maximum absolute atomic E-state index is 9.01. The van der Waals surface area contributed by atoms with E-state index >= 15 is 0 Å². The summed E-state index contributed by atoms with van der Waals surface area (Å²) in [5, 5.41) is 17.5. The van der Waals surface area contributed by atoms with E-state index in [1.54, 1.807) is 11.8 Å². The molecule has 0 saturated carbocycles. The number of thiophene rings is 1. The van der Waals surface area contributed by atoms with Crippen LogP contribution in [0.25, 0.3) is 0 Å². The van der Waals surface area contributed by atoms with Gasteiger partial charge in [0.05, 0.1) is 16.8 Å². The Balaban J connectivity index is 2.20. The van der Waals surface area contributed by atoms with E-state index in [0.29, 0.717) is 17.1 Å². The SMILES string of the molecule is CSc1c(NCc2cnn(C)c2C)sc(C#N)c1N. The Morgan fingerprint density at radius 2 is 2.37 bits per heavy atom. The molecule has 0 unspecified atom stereocenters. The topological polar surface area (TPSA) is 79.7 Å². The molecular weight excluding hydrogens is 278 g/mol. The van der Waals surface area contributed by atoms with Crippen LogP contribution < -0.4 is 11.1 Å². The van der Waals surface area contributed by atoms with Crippen molar-refractivity contribution >= 4 is 33.8 Å². The first kappa shape index (κ1) is 13.8. The molecule has 0 amide bonds. The highest BCUT2D eigenvalue weighted by atomic mass is 32.2. The van der Waals surface area contributed by atoms with E-state index in [1.807, 2.05) is 31.1 Å². The fraction of sp³-hybridized carbons (Fsp3) is 0.333. The second-order valence-electron chi connectivity index (χ2n) is 4.05. The van der Waals surface area contributed by atoms with Crippen molar-refractivity contribution in [1.82, 2.24) is 9.78 Å². The van der Waals surface area contributed by atoms with Gasteiger partial charge in [-0.3, -0.25) is 4.68 Å². The first-order valence-electron chi connectivity index (χ1n) is 5.66. The van der Waals surface area contributed by atoms with Crippen LogP contribution in [0.3, 0.4) is 0 Å². The molecule has 0 aliphatic rings. The third-order valence-electron chi connectivity index (χ3n) is 2.98. The Labute approximate surface area is 120 Å². The molecule has 0 bridgehead atoms. The Morgan fingerprint density at radius 3 is 2.89 bits per heavy atom. The summed E-state index contributed by atoms with van der Waals surface area (Å²) < 4.78 is 1.84. The molecule has 2 heterocycles. The van der Waals surface area contributed by atoms with Gasteiger partial charge in [-0.1, -0.05) is 0 Å². The Hall–Kier alpha value is -1.65. The largest absolute Gasteiger partial charge is 0.396 e. The third kappa shape index (κ3) is 2.55. The summed E-state index contributed by atoms with van der Waals surface area (Å²) in [5.74, 6) is 0. The number of aryl methyl sites for hydroxylation is 1. The van der Waals surface area contributed by atoms with Gasteiger partial charge in [-0.2, -0.15) is 10.4 Å². The van der Waals surface area contributed by atoms with Crippen LogP contribution in [0.5, 0.6) is 0 Å². The van der Waals surface area contributed by atoms with Gasteiger partial charge in [-0.05, 0) is 13.2 Å². The standard InChI is InChI=1S/C12H15N5S2/c1-7-8(6-16-17(7)2)5-15-12-11(18-3)10(14)9(4-13)19-12/h6,15H,5,14H2,1-3H3. The van der Waals surface area contributed by atoms with Crippen molar-refractivity contribution in [2.45, 2.75) is 18.4 Å². The highest BCUT2D eigenvalue weighted by Gasteiger charge is 2.15. The minimum absolute atomic E-state index is 0.565. The molecule has 5 nitrogen and oxygen atoms in total. The zero-order valence-corrected chi connectivity index (χ0v) is 12.7. The summed E-state index contributed by atoms with van der Waals surface area (Å²) in [5.41, 5.74) is 8.78. The number of nitrogens with two attached hydrogens (primary N) is 1. The molecule has 19 heavy (non-hydrogen) atoms. The maximum atomic E-state index is 9.01. The number of nitrogens with zero attached hydrogens (tertiary/aromatic N) is 3. The predicted octanol–water partition coefficient (Wildman–Crippen LogP) is 2.58. The van der Waals surface area contributed by atoms with Crippen LogP contribution >= 0.6 is 23.1 Å². The van der Waals surface area contributed by atoms with Crippen LogP contribution in [0.15, 0.2) is 11.1 Å². The number of hydrogen-bond donors (Lipinski definition) is 2. The van der Waals surface area contributed by atoms with Crippen molar-refractivity contribution in [3.63, 3.8) is 0 Å². The summed E-state index contributed by atoms with van der Waals surface area (Å²) in [6, 6.07) is 2.13. The van der Waals surface area contributed by atoms with E-state index in [1.165, 1.54) is 11.3 Å². The van der Waals surface area contributed by atoms with Gasteiger partial charge < -0.3 is 11.1 Å². The fourth-order valence-corrected chi connectivity index (χ4v) is 3.55. The zero-order valence-electron chi connectivity index (χ0n) is 11.0. The molecule has 0 saturated heterocycles. The average Bonchev–Trinajstić information content (AvgIpc) is 2.89. The van der Waals surface area contributed by atoms with Gasteiger partial charge in [0, 0.05) is 24.8 Å². The molecule has 0 atom stereocenters. The van der Waals surface area contributed by atoms with Gasteiger partial charge in [-0.25, -0.2) is 0 Å². The molecule has 2 aromatic rings. The molecule has 0 spiro atoms. The molecule has 0 aliphatic carbocycles. The number of nitrogens with one attached hydrogen (secondary N) is 1. The minimum Gasteiger partial charge on any atom is -0.396 e. The first-order chi connectivity index (χ1) is 9.08. The number of aromatic nitrogens is 2. The monoisotopic (exact) mass is 293 g/mol. The van der Waals surface area contributed by atoms with E-state index in [-0.39, 0.29) is 0 Å². The molecule has 3 N–H and O–H groups in total. The Kier molecular flexibility index (Phi) is 4.02. The predicted molar refractivity (Wildman–Crippen MR) is 80.5 cm³/mol. The fourth-order valence-electron chi connectivity index (χ4n) is 1.72. The Morgan fingerprint density at radius 1 is 1.63 bits per heavy atom. The van der Waals surface area contributed by atoms with Crippen molar-refractivity contribution in [2.24, 2.45) is 7.05 Å². The van der Waals surface area contributed by atoms with E-state index in [0.717, 1.165) is 21.2 Å². The van der Waals surface area contributed by atoms with Crippen LogP contribution in [0.1, 0.15) is 16.1 Å². The van der Waals surface area contributed by atoms with E-state index in [2.05, 4.69) is 16.5 Å². The highest BCUT2D eigenvalue weighted by molar-refractivity contribution is 7.99. The number of nitrogen functional groups attached to an aromatic ring is 1. The summed E-state index contributed by atoms with van der Waals surface area (Å²) >= 11 is 2.95.